The van der Waals surface area contributed by atoms with Crippen molar-refractivity contribution >= 4 is 28.3 Å². The third-order valence-electron chi connectivity index (χ3n) is 8.93. The minimum atomic E-state index is -1.35. The normalized spacial score (nSPS) is 28.6. The third-order valence-corrected chi connectivity index (χ3v) is 9.61. The Hall–Kier alpha value is -1.97. The van der Waals surface area contributed by atoms with Crippen LogP contribution in [0, 0.1) is 11.8 Å². The van der Waals surface area contributed by atoms with E-state index >= 15 is 0 Å². The summed E-state index contributed by atoms with van der Waals surface area (Å²) < 4.78 is 6.75. The number of halogens is 1. The average molecular weight is 576 g/mol. The average Bonchev–Trinajstić information content (AvgIpc) is 2.90. The van der Waals surface area contributed by atoms with Gasteiger partial charge < -0.3 is 25.2 Å². The first-order chi connectivity index (χ1) is 18.9. The zero-order valence-electron chi connectivity index (χ0n) is 24.6. The van der Waals surface area contributed by atoms with Crippen LogP contribution >= 0.6 is 11.6 Å². The number of likely N-dealkylation sites (tertiary alicyclic amines) is 1. The topological polar surface area (TPSA) is 109 Å². The van der Waals surface area contributed by atoms with Crippen molar-refractivity contribution < 1.29 is 24.2 Å². The van der Waals surface area contributed by atoms with Gasteiger partial charge in [0.15, 0.2) is 0 Å². The number of nitrogens with zero attached hydrogens (tertiary/aromatic N) is 3. The second-order valence-corrected chi connectivity index (χ2v) is 13.2. The number of benzene rings is 1. The minimum absolute atomic E-state index is 0.0189. The molecule has 1 saturated heterocycles. The number of carbonyl (C=O) groups is 1. The zero-order chi connectivity index (χ0) is 29.1. The number of quaternary nitrogens is 1. The molecule has 0 radical (unpaired) electrons. The number of pyridine rings is 1. The summed E-state index contributed by atoms with van der Waals surface area (Å²) in [5.41, 5.74) is 5.45. The lowest BCUT2D eigenvalue weighted by atomic mass is 9.67. The van der Waals surface area contributed by atoms with Gasteiger partial charge in [-0.1, -0.05) is 38.5 Å². The number of carbonyl (C=O) groups excluding carboxylic acids is 1. The maximum Gasteiger partial charge on any atom is 0.222 e. The molecule has 4 rings (SSSR count). The van der Waals surface area contributed by atoms with Gasteiger partial charge in [0.05, 0.1) is 31.5 Å². The largest absolute Gasteiger partial charge is 0.471 e. The fourth-order valence-corrected chi connectivity index (χ4v) is 7.33. The van der Waals surface area contributed by atoms with Crippen LogP contribution in [0.3, 0.4) is 0 Å². The molecule has 1 aromatic heterocycles. The van der Waals surface area contributed by atoms with Crippen LogP contribution in [-0.4, -0.2) is 100 Å². The van der Waals surface area contributed by atoms with E-state index in [-0.39, 0.29) is 18.1 Å². The van der Waals surface area contributed by atoms with Crippen LogP contribution in [0.4, 0.5) is 0 Å². The Balaban J connectivity index is 1.52. The van der Waals surface area contributed by atoms with E-state index in [0.29, 0.717) is 62.4 Å². The molecule has 4 N–H and O–H groups in total. The number of aryl methyl sites for hydroxylation is 1. The fourth-order valence-electron chi connectivity index (χ4n) is 6.90. The van der Waals surface area contributed by atoms with Crippen molar-refractivity contribution in [1.82, 2.24) is 9.88 Å². The van der Waals surface area contributed by atoms with Crippen LogP contribution in [0.5, 0.6) is 5.88 Å². The number of ether oxygens (including phenoxy) is 1. The number of nitrogens with two attached hydrogens (primary N) is 1. The molecule has 40 heavy (non-hydrogen) atoms. The van der Waals surface area contributed by atoms with Crippen molar-refractivity contribution in [1.29, 1.82) is 0 Å². The van der Waals surface area contributed by atoms with Gasteiger partial charge in [0.2, 0.25) is 11.8 Å². The molecule has 1 aliphatic carbocycles. The van der Waals surface area contributed by atoms with Crippen LogP contribution in [0.1, 0.15) is 51.6 Å². The molecule has 1 aromatic carbocycles. The molecule has 0 bridgehead atoms. The van der Waals surface area contributed by atoms with Crippen LogP contribution in [0.15, 0.2) is 30.3 Å². The summed E-state index contributed by atoms with van der Waals surface area (Å²) in [6.07, 6.45) is 4.65. The Morgan fingerprint density at radius 1 is 1.27 bits per heavy atom. The second-order valence-electron chi connectivity index (χ2n) is 12.7. The highest BCUT2D eigenvalue weighted by atomic mass is 35.5. The molecule has 2 aliphatic rings. The van der Waals surface area contributed by atoms with Gasteiger partial charge >= 0.3 is 0 Å². The van der Waals surface area contributed by atoms with Gasteiger partial charge in [-0.15, -0.1) is 11.6 Å². The summed E-state index contributed by atoms with van der Waals surface area (Å²) in [6, 6.07) is 10.1. The molecule has 5 atom stereocenters. The fraction of sp³-hybridized carbons (Fsp3) is 0.677. The molecule has 2 heterocycles. The highest BCUT2D eigenvalue weighted by molar-refractivity contribution is 6.23. The van der Waals surface area contributed by atoms with Crippen LogP contribution in [0.2, 0.25) is 0 Å². The molecule has 222 valence electrons. The second kappa shape index (κ2) is 12.9. The van der Waals surface area contributed by atoms with Crippen LogP contribution in [-0.2, 0) is 11.2 Å². The summed E-state index contributed by atoms with van der Waals surface area (Å²) in [5.74, 6) is -0.410. The zero-order valence-corrected chi connectivity index (χ0v) is 25.3. The van der Waals surface area contributed by atoms with E-state index in [0.717, 1.165) is 35.7 Å². The van der Waals surface area contributed by atoms with Crippen LogP contribution in [0.25, 0.3) is 10.8 Å². The number of aliphatic hydroxyl groups is 2. The van der Waals surface area contributed by atoms with E-state index in [1.165, 1.54) is 0 Å². The summed E-state index contributed by atoms with van der Waals surface area (Å²) in [4.78, 5) is 19.5. The number of amides is 1. The van der Waals surface area contributed by atoms with E-state index < -0.39 is 22.8 Å². The van der Waals surface area contributed by atoms with Crippen molar-refractivity contribution in [3.8, 4) is 5.88 Å². The van der Waals surface area contributed by atoms with Crippen molar-refractivity contribution in [2.45, 2.75) is 75.5 Å². The Labute approximate surface area is 244 Å². The van der Waals surface area contributed by atoms with Gasteiger partial charge in [-0.2, -0.15) is 0 Å². The molecule has 0 spiro atoms. The summed E-state index contributed by atoms with van der Waals surface area (Å²) >= 11 is 6.98. The maximum absolute atomic E-state index is 12.4. The van der Waals surface area contributed by atoms with E-state index in [4.69, 9.17) is 27.1 Å². The first-order valence-corrected chi connectivity index (χ1v) is 15.3. The third kappa shape index (κ3) is 6.90. The number of unbranched alkanes of at least 4 members (excludes halogenated alkanes) is 1. The highest BCUT2D eigenvalue weighted by Gasteiger charge is 2.59. The standard InChI is InChI=1S/C31H47ClN4O4/c1-5-6-10-23-19-22-9-7-8-11-25(22)30(34-23)40-17-16-36(3,4)20-31(39)27(32)26(29(33)38)18-21(2)28(31)35-14-12-24(37)13-15-35/h7-9,11,19,21,24,26-28,37,39H,5-6,10,12-18,20H2,1-4H3,(H-,33,38)/p+1/t21-,26?,27?,28?,31+/m0/s1. The summed E-state index contributed by atoms with van der Waals surface area (Å²) in [5, 5.41) is 23.8. The van der Waals surface area contributed by atoms with E-state index in [9.17, 15) is 15.0 Å². The molecule has 2 aromatic rings. The van der Waals surface area contributed by atoms with Crippen molar-refractivity contribution in [3.63, 3.8) is 0 Å². The van der Waals surface area contributed by atoms with Crippen molar-refractivity contribution in [2.75, 3.05) is 46.9 Å². The lowest BCUT2D eigenvalue weighted by Gasteiger charge is -2.55. The molecule has 1 saturated carbocycles. The minimum Gasteiger partial charge on any atom is -0.471 e. The van der Waals surface area contributed by atoms with Crippen molar-refractivity contribution in [2.24, 2.45) is 17.6 Å². The molecule has 1 amide bonds. The number of aromatic nitrogens is 1. The number of alkyl halides is 1. The summed E-state index contributed by atoms with van der Waals surface area (Å²) in [6.45, 7) is 7.00. The van der Waals surface area contributed by atoms with Gasteiger partial charge in [0.1, 0.15) is 25.3 Å². The lowest BCUT2D eigenvalue weighted by molar-refractivity contribution is -0.897. The smallest absolute Gasteiger partial charge is 0.222 e. The number of likely N-dealkylation sites (N-methyl/N-ethyl adjacent to an activating group) is 1. The first kappa shape index (κ1) is 31.0. The number of hydrogen-bond donors (Lipinski definition) is 3. The van der Waals surface area contributed by atoms with Crippen LogP contribution < -0.4 is 10.5 Å². The number of rotatable bonds is 11. The molecule has 3 unspecified atom stereocenters. The van der Waals surface area contributed by atoms with Crippen molar-refractivity contribution in [3.05, 3.63) is 36.0 Å². The Bertz CT molecular complexity index is 1160. The van der Waals surface area contributed by atoms with Gasteiger partial charge in [0.25, 0.3) is 0 Å². The SMILES string of the molecule is CCCCc1cc2ccccc2c(OCC[N+](C)(C)C[C@@]2(O)C(Cl)C(C(N)=O)C[C@H](C)C2N2CCC(O)CC2)n1. The molecule has 8 nitrogen and oxygen atoms in total. The number of hydrogen-bond acceptors (Lipinski definition) is 6. The predicted octanol–water partition coefficient (Wildman–Crippen LogP) is 3.34. The number of fused-ring (bicyclic) bond motifs is 1. The predicted molar refractivity (Wildman–Crippen MR) is 159 cm³/mol. The molecular formula is C31H48ClN4O4+. The number of primary amides is 1. The Morgan fingerprint density at radius 3 is 2.65 bits per heavy atom. The summed E-state index contributed by atoms with van der Waals surface area (Å²) in [7, 11) is 4.12. The molecule has 9 heteroatoms. The van der Waals surface area contributed by atoms with Gasteiger partial charge in [-0.3, -0.25) is 9.69 Å². The molecular weight excluding hydrogens is 528 g/mol. The highest BCUT2D eigenvalue weighted by Crippen LogP contribution is 2.44. The van der Waals surface area contributed by atoms with Gasteiger partial charge in [-0.05, 0) is 55.5 Å². The van der Waals surface area contributed by atoms with E-state index in [2.05, 4.69) is 45.0 Å². The monoisotopic (exact) mass is 575 g/mol. The molecule has 2 fully saturated rings. The van der Waals surface area contributed by atoms with E-state index in [1.54, 1.807) is 0 Å². The lowest BCUT2D eigenvalue weighted by Crippen LogP contribution is -2.72. The first-order valence-electron chi connectivity index (χ1n) is 14.9. The molecule has 1 aliphatic heterocycles. The Morgan fingerprint density at radius 2 is 1.98 bits per heavy atom. The van der Waals surface area contributed by atoms with Gasteiger partial charge in [0, 0.05) is 30.2 Å². The number of aliphatic hydroxyl groups excluding tert-OH is 1. The maximum atomic E-state index is 12.4. The Kier molecular flexibility index (Phi) is 9.99. The quantitative estimate of drug-likeness (QED) is 0.280. The number of piperidine rings is 1. The van der Waals surface area contributed by atoms with Gasteiger partial charge in [-0.25, -0.2) is 4.98 Å². The van der Waals surface area contributed by atoms with E-state index in [1.807, 2.05) is 18.2 Å².